The molecule has 10 heavy (non-hydrogen) atoms. The molecule has 0 saturated carbocycles. The van der Waals surface area contributed by atoms with Gasteiger partial charge in [0.1, 0.15) is 5.69 Å². The average Bonchev–Trinajstić information content (AvgIpc) is 2.36. The van der Waals surface area contributed by atoms with E-state index in [0.717, 1.165) is 16.1 Å². The third kappa shape index (κ3) is 0.572. The monoisotopic (exact) mass is 134 g/mol. The summed E-state index contributed by atoms with van der Waals surface area (Å²) in [5.41, 5.74) is 1.55. The van der Waals surface area contributed by atoms with E-state index in [4.69, 9.17) is 5.21 Å². The summed E-state index contributed by atoms with van der Waals surface area (Å²) in [5, 5.41) is 9.14. The molecule has 0 amide bonds. The summed E-state index contributed by atoms with van der Waals surface area (Å²) in [6.45, 7) is 0. The van der Waals surface area contributed by atoms with Gasteiger partial charge in [-0.15, -0.1) is 0 Å². The number of pyridine rings is 1. The van der Waals surface area contributed by atoms with Crippen LogP contribution in [0.3, 0.4) is 0 Å². The minimum absolute atomic E-state index is 0.738. The first-order chi connectivity index (χ1) is 4.88. The predicted octanol–water partition coefficient (Wildman–Crippen LogP) is 1.23. The van der Waals surface area contributed by atoms with Gasteiger partial charge in [-0.1, -0.05) is 0 Å². The molecule has 2 rings (SSSR count). The zero-order valence-corrected chi connectivity index (χ0v) is 5.23. The zero-order chi connectivity index (χ0) is 6.97. The lowest BCUT2D eigenvalue weighted by Gasteiger charge is -2.01. The van der Waals surface area contributed by atoms with Gasteiger partial charge in [0.05, 0.1) is 5.69 Å². The Morgan fingerprint density at radius 2 is 2.30 bits per heavy atom. The summed E-state index contributed by atoms with van der Waals surface area (Å²) in [6, 6.07) is 5.35. The number of aromatic nitrogens is 2. The molecule has 3 nitrogen and oxygen atoms in total. The second-order valence-corrected chi connectivity index (χ2v) is 2.07. The summed E-state index contributed by atoms with van der Waals surface area (Å²) in [5.74, 6) is 0. The van der Waals surface area contributed by atoms with Gasteiger partial charge < -0.3 is 5.21 Å². The zero-order valence-electron chi connectivity index (χ0n) is 5.23. The van der Waals surface area contributed by atoms with E-state index in [2.05, 4.69) is 4.98 Å². The molecule has 0 fully saturated rings. The summed E-state index contributed by atoms with van der Waals surface area (Å²) in [7, 11) is 0. The summed E-state index contributed by atoms with van der Waals surface area (Å²) < 4.78 is 1.06. The second kappa shape index (κ2) is 1.73. The molecule has 0 unspecified atom stereocenters. The Balaban J connectivity index is 2.80. The number of hydrogen-bond acceptors (Lipinski definition) is 2. The van der Waals surface area contributed by atoms with Crippen LogP contribution >= 0.6 is 0 Å². The smallest absolute Gasteiger partial charge is 0.106 e. The van der Waals surface area contributed by atoms with E-state index in [9.17, 15) is 0 Å². The molecule has 50 valence electrons. The Bertz CT molecular complexity index is 315. The molecular formula is C7H6N2O. The molecule has 2 aliphatic rings. The van der Waals surface area contributed by atoms with Crippen molar-refractivity contribution in [2.45, 2.75) is 0 Å². The first-order valence-electron chi connectivity index (χ1n) is 2.99. The van der Waals surface area contributed by atoms with Crippen LogP contribution in [0.2, 0.25) is 0 Å². The highest BCUT2D eigenvalue weighted by Crippen LogP contribution is 2.16. The lowest BCUT2D eigenvalue weighted by molar-refractivity contribution is 0.189. The Hall–Kier alpha value is -1.51. The van der Waals surface area contributed by atoms with Crippen LogP contribution < -0.4 is 0 Å². The average molecular weight is 134 g/mol. The van der Waals surface area contributed by atoms with Gasteiger partial charge >= 0.3 is 0 Å². The number of fused-ring (bicyclic) bond motifs is 1. The van der Waals surface area contributed by atoms with Gasteiger partial charge in [-0.3, -0.25) is 4.98 Å². The van der Waals surface area contributed by atoms with E-state index in [1.807, 2.05) is 6.07 Å². The third-order valence-corrected chi connectivity index (χ3v) is 1.44. The SMILES string of the molecule is On1cccc2nccc1-2. The summed E-state index contributed by atoms with van der Waals surface area (Å²) in [4.78, 5) is 4.00. The fourth-order valence-electron chi connectivity index (χ4n) is 0.958. The molecule has 0 bridgehead atoms. The maximum atomic E-state index is 9.14. The first kappa shape index (κ1) is 5.29. The van der Waals surface area contributed by atoms with Gasteiger partial charge in [0, 0.05) is 12.4 Å². The van der Waals surface area contributed by atoms with E-state index in [0.29, 0.717) is 0 Å². The summed E-state index contributed by atoms with van der Waals surface area (Å²) >= 11 is 0. The Morgan fingerprint density at radius 1 is 1.40 bits per heavy atom. The highest BCUT2D eigenvalue weighted by Gasteiger charge is 2.04. The van der Waals surface area contributed by atoms with E-state index in [1.54, 1.807) is 24.5 Å². The Labute approximate surface area is 57.9 Å². The largest absolute Gasteiger partial charge is 0.428 e. The van der Waals surface area contributed by atoms with Crippen molar-refractivity contribution in [1.82, 2.24) is 9.71 Å². The van der Waals surface area contributed by atoms with Crippen LogP contribution in [-0.2, 0) is 0 Å². The molecule has 0 spiro atoms. The van der Waals surface area contributed by atoms with Crippen molar-refractivity contribution in [3.05, 3.63) is 30.6 Å². The molecule has 0 aliphatic carbocycles. The number of nitrogens with zero attached hydrogens (tertiary/aromatic N) is 2. The van der Waals surface area contributed by atoms with Crippen LogP contribution in [0.15, 0.2) is 30.6 Å². The van der Waals surface area contributed by atoms with Crippen molar-refractivity contribution < 1.29 is 5.21 Å². The van der Waals surface area contributed by atoms with Gasteiger partial charge in [-0.05, 0) is 18.2 Å². The molecule has 0 aromatic carbocycles. The summed E-state index contributed by atoms with van der Waals surface area (Å²) in [6.07, 6.45) is 3.24. The normalized spacial score (nSPS) is 10.4. The maximum Gasteiger partial charge on any atom is 0.106 e. The van der Waals surface area contributed by atoms with Crippen LogP contribution in [0.5, 0.6) is 0 Å². The van der Waals surface area contributed by atoms with E-state index < -0.39 is 0 Å². The quantitative estimate of drug-likeness (QED) is 0.550. The van der Waals surface area contributed by atoms with Crippen LogP contribution in [0.1, 0.15) is 0 Å². The van der Waals surface area contributed by atoms with Crippen molar-refractivity contribution >= 4 is 0 Å². The lowest BCUT2D eigenvalue weighted by atomic mass is 10.3. The molecule has 0 saturated heterocycles. The maximum absolute atomic E-state index is 9.14. The molecule has 0 aromatic heterocycles. The molecule has 1 N–H and O–H groups in total. The van der Waals surface area contributed by atoms with Crippen LogP contribution in [0.25, 0.3) is 11.4 Å². The molecule has 2 aliphatic heterocycles. The fourth-order valence-corrected chi connectivity index (χ4v) is 0.958. The topological polar surface area (TPSA) is 38.0 Å². The van der Waals surface area contributed by atoms with Gasteiger partial charge in [0.2, 0.25) is 0 Å². The van der Waals surface area contributed by atoms with Crippen molar-refractivity contribution in [3.63, 3.8) is 0 Å². The van der Waals surface area contributed by atoms with E-state index in [1.165, 1.54) is 0 Å². The molecule has 0 aromatic rings. The van der Waals surface area contributed by atoms with Gasteiger partial charge in [-0.2, -0.15) is 4.73 Å². The number of rotatable bonds is 0. The van der Waals surface area contributed by atoms with Crippen molar-refractivity contribution in [1.29, 1.82) is 0 Å². The van der Waals surface area contributed by atoms with Gasteiger partial charge in [0.25, 0.3) is 0 Å². The predicted molar refractivity (Wildman–Crippen MR) is 36.0 cm³/mol. The Morgan fingerprint density at radius 3 is 3.10 bits per heavy atom. The van der Waals surface area contributed by atoms with Crippen LogP contribution in [0, 0.1) is 0 Å². The van der Waals surface area contributed by atoms with E-state index in [-0.39, 0.29) is 0 Å². The van der Waals surface area contributed by atoms with Crippen molar-refractivity contribution in [2.24, 2.45) is 0 Å². The third-order valence-electron chi connectivity index (χ3n) is 1.44. The van der Waals surface area contributed by atoms with Gasteiger partial charge in [0.15, 0.2) is 0 Å². The molecule has 3 heteroatoms. The molecule has 0 atom stereocenters. The van der Waals surface area contributed by atoms with Crippen LogP contribution in [-0.4, -0.2) is 14.9 Å². The standard InChI is InChI=1S/C7H6N2O/c10-9-5-1-2-6-7(9)3-4-8-6/h1-5,10H. The first-order valence-corrected chi connectivity index (χ1v) is 2.99. The fraction of sp³-hybridized carbons (Fsp3) is 0. The van der Waals surface area contributed by atoms with Crippen molar-refractivity contribution in [2.75, 3.05) is 0 Å². The van der Waals surface area contributed by atoms with Crippen molar-refractivity contribution in [3.8, 4) is 11.4 Å². The molecule has 2 heterocycles. The highest BCUT2D eigenvalue weighted by atomic mass is 16.5. The highest BCUT2D eigenvalue weighted by molar-refractivity contribution is 5.55. The molecular weight excluding hydrogens is 128 g/mol. The van der Waals surface area contributed by atoms with E-state index >= 15 is 0 Å². The number of hydrogen-bond donors (Lipinski definition) is 1. The van der Waals surface area contributed by atoms with Crippen LogP contribution in [0.4, 0.5) is 0 Å². The minimum atomic E-state index is 0.738. The second-order valence-electron chi connectivity index (χ2n) is 2.07. The van der Waals surface area contributed by atoms with Gasteiger partial charge in [-0.25, -0.2) is 0 Å². The molecule has 0 radical (unpaired) electrons. The lowest BCUT2D eigenvalue weighted by Crippen LogP contribution is -1.94. The minimum Gasteiger partial charge on any atom is -0.428 e. The Kier molecular flexibility index (Phi) is 0.917.